The second-order valence-corrected chi connectivity index (χ2v) is 9.41. The number of hydrogen-bond acceptors (Lipinski definition) is 3. The topological polar surface area (TPSA) is 30.5 Å². The molecular formula is C30H28F2N4S. The van der Waals surface area contributed by atoms with Crippen LogP contribution in [-0.2, 0) is 0 Å². The largest absolute Gasteiger partial charge is 0.356 e. The van der Waals surface area contributed by atoms with Gasteiger partial charge in [0, 0.05) is 43.2 Å². The molecule has 2 N–H and O–H groups in total. The lowest BCUT2D eigenvalue weighted by Crippen LogP contribution is -2.51. The van der Waals surface area contributed by atoms with Gasteiger partial charge in [0.25, 0.3) is 0 Å². The minimum atomic E-state index is -0.272. The third-order valence-corrected chi connectivity index (χ3v) is 6.90. The first-order chi connectivity index (χ1) is 18.0. The van der Waals surface area contributed by atoms with Gasteiger partial charge in [-0.15, -0.1) is 0 Å². The number of rotatable bonds is 6. The first-order valence-electron chi connectivity index (χ1n) is 12.3. The van der Waals surface area contributed by atoms with E-state index in [1.165, 1.54) is 24.3 Å². The van der Waals surface area contributed by atoms with E-state index in [4.69, 9.17) is 12.2 Å². The van der Waals surface area contributed by atoms with Gasteiger partial charge in [-0.3, -0.25) is 4.90 Å². The van der Waals surface area contributed by atoms with Gasteiger partial charge in [-0.25, -0.2) is 8.78 Å². The molecule has 7 heteroatoms. The van der Waals surface area contributed by atoms with Crippen LogP contribution in [0.2, 0.25) is 0 Å². The summed E-state index contributed by atoms with van der Waals surface area (Å²) >= 11 is 5.71. The van der Waals surface area contributed by atoms with E-state index in [1.54, 1.807) is 24.3 Å². The summed E-state index contributed by atoms with van der Waals surface area (Å²) in [6.45, 7) is 3.03. The Morgan fingerprint density at radius 2 is 1.11 bits per heavy atom. The van der Waals surface area contributed by atoms with Crippen LogP contribution in [0.1, 0.15) is 17.2 Å². The highest BCUT2D eigenvalue weighted by atomic mass is 32.1. The van der Waals surface area contributed by atoms with Crippen LogP contribution in [0.5, 0.6) is 0 Å². The molecule has 37 heavy (non-hydrogen) atoms. The molecule has 0 aromatic heterocycles. The summed E-state index contributed by atoms with van der Waals surface area (Å²) in [5.41, 5.74) is 4.93. The van der Waals surface area contributed by atoms with Gasteiger partial charge >= 0.3 is 0 Å². The van der Waals surface area contributed by atoms with Gasteiger partial charge in [0.1, 0.15) is 11.6 Å². The summed E-state index contributed by atoms with van der Waals surface area (Å²) < 4.78 is 27.2. The molecule has 0 amide bonds. The Balaban J connectivity index is 1.21. The molecule has 0 atom stereocenters. The van der Waals surface area contributed by atoms with Crippen molar-refractivity contribution < 1.29 is 8.78 Å². The SMILES string of the molecule is Fc1ccc(C(c2ccc(F)cc2)N2CCN(C(=S)Nc3ccc(Nc4ccccc4)cc3)CC2)cc1. The highest BCUT2D eigenvalue weighted by Gasteiger charge is 2.27. The Morgan fingerprint density at radius 1 is 0.622 bits per heavy atom. The van der Waals surface area contributed by atoms with Crippen molar-refractivity contribution in [1.29, 1.82) is 0 Å². The second-order valence-electron chi connectivity index (χ2n) is 9.03. The summed E-state index contributed by atoms with van der Waals surface area (Å²) in [6.07, 6.45) is 0. The standard InChI is InChI=1S/C30H28F2N4S/c31-24-10-6-22(7-11-24)29(23-8-12-25(32)13-9-23)35-18-20-36(21-19-35)30(37)34-28-16-14-27(15-17-28)33-26-4-2-1-3-5-26/h1-17,29,33H,18-21H2,(H,34,37). The Hall–Kier alpha value is -3.81. The second kappa shape index (κ2) is 11.5. The monoisotopic (exact) mass is 514 g/mol. The van der Waals surface area contributed by atoms with Crippen molar-refractivity contribution in [1.82, 2.24) is 9.80 Å². The Labute approximate surface area is 221 Å². The van der Waals surface area contributed by atoms with Gasteiger partial charge < -0.3 is 15.5 Å². The predicted molar refractivity (Wildman–Crippen MR) is 150 cm³/mol. The number of hydrogen-bond donors (Lipinski definition) is 2. The zero-order chi connectivity index (χ0) is 25.6. The molecule has 0 unspecified atom stereocenters. The molecule has 4 aromatic carbocycles. The number of thiocarbonyl (C=S) groups is 1. The number of para-hydroxylation sites is 1. The average Bonchev–Trinajstić information content (AvgIpc) is 2.93. The van der Waals surface area contributed by atoms with Gasteiger partial charge in [0.15, 0.2) is 5.11 Å². The molecule has 0 radical (unpaired) electrons. The molecular weight excluding hydrogens is 486 g/mol. The van der Waals surface area contributed by atoms with E-state index in [2.05, 4.69) is 20.4 Å². The van der Waals surface area contributed by atoms with E-state index in [0.29, 0.717) is 5.11 Å². The number of halogens is 2. The summed E-state index contributed by atoms with van der Waals surface area (Å²) in [5.74, 6) is -0.543. The van der Waals surface area contributed by atoms with E-state index in [0.717, 1.165) is 54.4 Å². The van der Waals surface area contributed by atoms with Crippen LogP contribution < -0.4 is 10.6 Å². The zero-order valence-electron chi connectivity index (χ0n) is 20.3. The maximum atomic E-state index is 13.6. The third-order valence-electron chi connectivity index (χ3n) is 6.54. The summed E-state index contributed by atoms with van der Waals surface area (Å²) in [4.78, 5) is 4.50. The van der Waals surface area contributed by atoms with Crippen molar-refractivity contribution in [2.75, 3.05) is 36.8 Å². The fourth-order valence-electron chi connectivity index (χ4n) is 4.62. The van der Waals surface area contributed by atoms with Crippen LogP contribution in [0, 0.1) is 11.6 Å². The normalized spacial score (nSPS) is 14.0. The smallest absolute Gasteiger partial charge is 0.173 e. The van der Waals surface area contributed by atoms with Crippen LogP contribution in [0.3, 0.4) is 0 Å². The van der Waals surface area contributed by atoms with Crippen LogP contribution >= 0.6 is 12.2 Å². The first-order valence-corrected chi connectivity index (χ1v) is 12.7. The fraction of sp³-hybridized carbons (Fsp3) is 0.167. The van der Waals surface area contributed by atoms with E-state index in [-0.39, 0.29) is 17.7 Å². The lowest BCUT2D eigenvalue weighted by molar-refractivity contribution is 0.151. The number of nitrogens with zero attached hydrogens (tertiary/aromatic N) is 2. The number of nitrogens with one attached hydrogen (secondary N) is 2. The molecule has 0 spiro atoms. The minimum Gasteiger partial charge on any atom is -0.356 e. The van der Waals surface area contributed by atoms with Crippen molar-refractivity contribution in [2.45, 2.75) is 6.04 Å². The lowest BCUT2D eigenvalue weighted by atomic mass is 9.96. The molecule has 1 aliphatic heterocycles. The highest BCUT2D eigenvalue weighted by Crippen LogP contribution is 2.30. The van der Waals surface area contributed by atoms with Crippen molar-refractivity contribution in [3.8, 4) is 0 Å². The highest BCUT2D eigenvalue weighted by molar-refractivity contribution is 7.80. The van der Waals surface area contributed by atoms with Crippen LogP contribution in [-0.4, -0.2) is 41.1 Å². The summed E-state index contributed by atoms with van der Waals surface area (Å²) in [6, 6.07) is 31.1. The molecule has 5 rings (SSSR count). The van der Waals surface area contributed by atoms with Gasteiger partial charge in [0.2, 0.25) is 0 Å². The van der Waals surface area contributed by atoms with Crippen molar-refractivity contribution in [3.63, 3.8) is 0 Å². The average molecular weight is 515 g/mol. The molecule has 188 valence electrons. The van der Waals surface area contributed by atoms with E-state index in [1.807, 2.05) is 54.6 Å². The van der Waals surface area contributed by atoms with Gasteiger partial charge in [-0.05, 0) is 84.0 Å². The quantitative estimate of drug-likeness (QED) is 0.276. The summed E-state index contributed by atoms with van der Waals surface area (Å²) in [5, 5.41) is 7.41. The molecule has 4 aromatic rings. The fourth-order valence-corrected chi connectivity index (χ4v) is 4.92. The van der Waals surface area contributed by atoms with Crippen molar-refractivity contribution in [2.24, 2.45) is 0 Å². The molecule has 0 bridgehead atoms. The van der Waals surface area contributed by atoms with Gasteiger partial charge in [0.05, 0.1) is 6.04 Å². The van der Waals surface area contributed by atoms with E-state index < -0.39 is 0 Å². The van der Waals surface area contributed by atoms with E-state index >= 15 is 0 Å². The van der Waals surface area contributed by atoms with Crippen molar-refractivity contribution >= 4 is 34.4 Å². The maximum absolute atomic E-state index is 13.6. The number of anilines is 3. The van der Waals surface area contributed by atoms with E-state index in [9.17, 15) is 8.78 Å². The molecule has 1 saturated heterocycles. The Morgan fingerprint density at radius 3 is 1.65 bits per heavy atom. The molecule has 4 nitrogen and oxygen atoms in total. The molecule has 0 saturated carbocycles. The Kier molecular flexibility index (Phi) is 7.73. The first kappa shape index (κ1) is 24.9. The predicted octanol–water partition coefficient (Wildman–Crippen LogP) is 6.81. The zero-order valence-corrected chi connectivity index (χ0v) is 21.1. The molecule has 1 heterocycles. The third kappa shape index (κ3) is 6.31. The van der Waals surface area contributed by atoms with Gasteiger partial charge in [-0.2, -0.15) is 0 Å². The Bertz CT molecular complexity index is 1260. The molecule has 1 aliphatic rings. The minimum absolute atomic E-state index is 0.0884. The van der Waals surface area contributed by atoms with Crippen LogP contribution in [0.15, 0.2) is 103 Å². The molecule has 1 fully saturated rings. The summed E-state index contributed by atoms with van der Waals surface area (Å²) in [7, 11) is 0. The van der Waals surface area contributed by atoms with Crippen LogP contribution in [0.4, 0.5) is 25.8 Å². The van der Waals surface area contributed by atoms with Crippen molar-refractivity contribution in [3.05, 3.63) is 126 Å². The van der Waals surface area contributed by atoms with Crippen LogP contribution in [0.25, 0.3) is 0 Å². The number of benzene rings is 4. The lowest BCUT2D eigenvalue weighted by Gasteiger charge is -2.40. The molecule has 0 aliphatic carbocycles. The maximum Gasteiger partial charge on any atom is 0.173 e. The number of piperazine rings is 1. The van der Waals surface area contributed by atoms with Gasteiger partial charge in [-0.1, -0.05) is 42.5 Å².